The van der Waals surface area contributed by atoms with Gasteiger partial charge in [0.25, 0.3) is 0 Å². The standard InChI is InChI=1S/C57H49BN2O/c1-36-32-46-43-28-22-39(37-16-10-8-11-17-37)34-49(43)60(42-26-23-40(24-27-42)56(2,3)4)58-54(46)50(33-36)59(48-30-31-52-53(55(48)58)44-20-14-15-21-51(44)61-52)47-29-25-41(57(5,6)7)35-45(47)38-18-12-9-13-19-38/h8-35H,1-7H3. The van der Waals surface area contributed by atoms with E-state index in [2.05, 4.69) is 228 Å². The number of nitrogens with zero attached hydrogens (tertiary/aromatic N) is 2. The fraction of sp³-hybridized carbons (Fsp3) is 0.158. The van der Waals surface area contributed by atoms with Crippen LogP contribution in [0.15, 0.2) is 174 Å². The molecular formula is C57H49BN2O. The van der Waals surface area contributed by atoms with Gasteiger partial charge in [-0.2, -0.15) is 0 Å². The smallest absolute Gasteiger partial charge is 0.333 e. The van der Waals surface area contributed by atoms with Gasteiger partial charge in [-0.15, -0.1) is 0 Å². The topological polar surface area (TPSA) is 19.6 Å². The van der Waals surface area contributed by atoms with E-state index in [0.29, 0.717) is 0 Å². The van der Waals surface area contributed by atoms with Gasteiger partial charge < -0.3 is 14.1 Å². The molecule has 2 aliphatic rings. The van der Waals surface area contributed by atoms with Crippen LogP contribution in [0.4, 0.5) is 28.4 Å². The van der Waals surface area contributed by atoms with Crippen molar-refractivity contribution in [2.24, 2.45) is 0 Å². The molecule has 0 aliphatic carbocycles. The molecular weight excluding hydrogens is 739 g/mol. The highest BCUT2D eigenvalue weighted by Crippen LogP contribution is 2.51. The van der Waals surface area contributed by atoms with Crippen LogP contribution in [0.25, 0.3) is 55.3 Å². The van der Waals surface area contributed by atoms with Crippen LogP contribution >= 0.6 is 0 Å². The Morgan fingerprint density at radius 3 is 1.82 bits per heavy atom. The molecule has 4 heteroatoms. The first kappa shape index (κ1) is 37.2. The molecule has 61 heavy (non-hydrogen) atoms. The minimum absolute atomic E-state index is 0.0227. The van der Waals surface area contributed by atoms with Crippen LogP contribution in [0.3, 0.4) is 0 Å². The van der Waals surface area contributed by atoms with E-state index in [9.17, 15) is 0 Å². The van der Waals surface area contributed by atoms with E-state index in [4.69, 9.17) is 4.42 Å². The molecule has 0 saturated carbocycles. The maximum Gasteiger partial charge on any atom is 0.333 e. The van der Waals surface area contributed by atoms with E-state index in [1.54, 1.807) is 0 Å². The number of para-hydroxylation sites is 1. The zero-order chi connectivity index (χ0) is 41.8. The SMILES string of the molecule is Cc1cc2c3c(c1)N(c1ccc(C(C)(C)C)cc1-c1ccccc1)c1ccc4oc5ccccc5c4c1B3N(c1ccc(C(C)(C)C)cc1)c1cc(-c3ccccc3)ccc1-2. The molecule has 0 fully saturated rings. The lowest BCUT2D eigenvalue weighted by Gasteiger charge is -2.46. The Balaban J connectivity index is 1.29. The third kappa shape index (κ3) is 5.95. The van der Waals surface area contributed by atoms with Gasteiger partial charge in [0.1, 0.15) is 11.2 Å². The summed E-state index contributed by atoms with van der Waals surface area (Å²) in [5, 5.41) is 2.29. The number of anilines is 5. The summed E-state index contributed by atoms with van der Waals surface area (Å²) in [5.41, 5.74) is 21.4. The van der Waals surface area contributed by atoms with Gasteiger partial charge in [0.05, 0.1) is 5.69 Å². The molecule has 3 nitrogen and oxygen atoms in total. The summed E-state index contributed by atoms with van der Waals surface area (Å²) >= 11 is 0. The first-order chi connectivity index (χ1) is 29.4. The monoisotopic (exact) mass is 788 g/mol. The summed E-state index contributed by atoms with van der Waals surface area (Å²) in [6.07, 6.45) is 0. The summed E-state index contributed by atoms with van der Waals surface area (Å²) in [4.78, 5) is 5.20. The van der Waals surface area contributed by atoms with Crippen LogP contribution in [-0.4, -0.2) is 6.85 Å². The molecule has 0 spiro atoms. The molecule has 0 amide bonds. The van der Waals surface area contributed by atoms with Crippen molar-refractivity contribution < 1.29 is 4.42 Å². The zero-order valence-electron chi connectivity index (χ0n) is 36.0. The Kier molecular flexibility index (Phi) is 8.32. The summed E-state index contributed by atoms with van der Waals surface area (Å²) in [7, 11) is 0. The van der Waals surface area contributed by atoms with Gasteiger partial charge in [-0.05, 0) is 122 Å². The van der Waals surface area contributed by atoms with Crippen molar-refractivity contribution in [3.05, 3.63) is 187 Å². The van der Waals surface area contributed by atoms with E-state index in [1.165, 1.54) is 72.4 Å². The summed E-state index contributed by atoms with van der Waals surface area (Å²) in [5.74, 6) is 0. The Hall–Kier alpha value is -6.78. The third-order valence-corrected chi connectivity index (χ3v) is 13.0. The first-order valence-electron chi connectivity index (χ1n) is 21.6. The molecule has 3 heterocycles. The predicted molar refractivity (Wildman–Crippen MR) is 260 cm³/mol. The number of rotatable bonds is 4. The summed E-state index contributed by atoms with van der Waals surface area (Å²) < 4.78 is 6.76. The van der Waals surface area contributed by atoms with Crippen molar-refractivity contribution in [3.8, 4) is 33.4 Å². The molecule has 0 bridgehead atoms. The first-order valence-corrected chi connectivity index (χ1v) is 21.6. The van der Waals surface area contributed by atoms with Crippen molar-refractivity contribution >= 4 is 68.1 Å². The van der Waals surface area contributed by atoms with E-state index < -0.39 is 0 Å². The molecule has 0 radical (unpaired) electrons. The molecule has 296 valence electrons. The van der Waals surface area contributed by atoms with Gasteiger partial charge in [-0.1, -0.05) is 157 Å². The van der Waals surface area contributed by atoms with Gasteiger partial charge >= 0.3 is 6.85 Å². The van der Waals surface area contributed by atoms with Crippen LogP contribution < -0.4 is 20.6 Å². The van der Waals surface area contributed by atoms with Crippen molar-refractivity contribution in [3.63, 3.8) is 0 Å². The van der Waals surface area contributed by atoms with Crippen LogP contribution in [-0.2, 0) is 10.8 Å². The van der Waals surface area contributed by atoms with Crippen molar-refractivity contribution in [2.45, 2.75) is 59.3 Å². The highest BCUT2D eigenvalue weighted by atomic mass is 16.3. The van der Waals surface area contributed by atoms with Gasteiger partial charge in [-0.25, -0.2) is 0 Å². The molecule has 0 atom stereocenters. The van der Waals surface area contributed by atoms with Gasteiger partial charge in [0.2, 0.25) is 0 Å². The summed E-state index contributed by atoms with van der Waals surface area (Å²) in [6, 6.07) is 63.2. The second-order valence-corrected chi connectivity index (χ2v) is 19.1. The predicted octanol–water partition coefficient (Wildman–Crippen LogP) is 14.5. The molecule has 0 N–H and O–H groups in total. The number of furan rings is 1. The Bertz CT molecular complexity index is 3170. The quantitative estimate of drug-likeness (QED) is 0.166. The molecule has 11 rings (SSSR count). The largest absolute Gasteiger partial charge is 0.456 e. The van der Waals surface area contributed by atoms with Gasteiger partial charge in [0.15, 0.2) is 0 Å². The average Bonchev–Trinajstić information content (AvgIpc) is 3.65. The lowest BCUT2D eigenvalue weighted by molar-refractivity contribution is 0.590. The molecule has 9 aromatic rings. The van der Waals surface area contributed by atoms with Crippen LogP contribution in [0.2, 0.25) is 0 Å². The second-order valence-electron chi connectivity index (χ2n) is 19.1. The summed E-state index contributed by atoms with van der Waals surface area (Å²) in [6.45, 7) is 15.9. The Labute approximate surface area is 360 Å². The van der Waals surface area contributed by atoms with Crippen molar-refractivity contribution in [2.75, 3.05) is 9.71 Å². The third-order valence-electron chi connectivity index (χ3n) is 13.0. The van der Waals surface area contributed by atoms with E-state index >= 15 is 0 Å². The molecule has 0 unspecified atom stereocenters. The number of benzene rings is 8. The molecule has 2 aliphatic heterocycles. The molecule has 8 aromatic carbocycles. The van der Waals surface area contributed by atoms with Crippen LogP contribution in [0.1, 0.15) is 58.2 Å². The highest BCUT2D eigenvalue weighted by molar-refractivity contribution is 6.95. The fourth-order valence-corrected chi connectivity index (χ4v) is 9.93. The lowest BCUT2D eigenvalue weighted by atomic mass is 9.42. The van der Waals surface area contributed by atoms with Crippen LogP contribution in [0, 0.1) is 6.92 Å². The Morgan fingerprint density at radius 2 is 1.10 bits per heavy atom. The number of hydrogen-bond acceptors (Lipinski definition) is 3. The number of aryl methyl sites for hydroxylation is 1. The maximum atomic E-state index is 6.76. The van der Waals surface area contributed by atoms with E-state index in [0.717, 1.165) is 39.0 Å². The number of hydrogen-bond donors (Lipinski definition) is 0. The highest BCUT2D eigenvalue weighted by Gasteiger charge is 2.47. The average molecular weight is 789 g/mol. The van der Waals surface area contributed by atoms with Gasteiger partial charge in [-0.3, -0.25) is 0 Å². The Morgan fingerprint density at radius 1 is 0.443 bits per heavy atom. The van der Waals surface area contributed by atoms with E-state index in [1.807, 2.05) is 0 Å². The van der Waals surface area contributed by atoms with E-state index in [-0.39, 0.29) is 17.7 Å². The normalized spacial score (nSPS) is 13.4. The van der Waals surface area contributed by atoms with Crippen molar-refractivity contribution in [1.82, 2.24) is 0 Å². The van der Waals surface area contributed by atoms with Crippen molar-refractivity contribution in [1.29, 1.82) is 0 Å². The second kappa shape index (κ2) is 13.6. The molecule has 1 aromatic heterocycles. The minimum Gasteiger partial charge on any atom is -0.456 e. The zero-order valence-corrected chi connectivity index (χ0v) is 36.0. The van der Waals surface area contributed by atoms with Crippen LogP contribution in [0.5, 0.6) is 0 Å². The van der Waals surface area contributed by atoms with Gasteiger partial charge in [0, 0.05) is 44.6 Å². The lowest BCUT2D eigenvalue weighted by Crippen LogP contribution is -2.61. The minimum atomic E-state index is -0.172. The fourth-order valence-electron chi connectivity index (χ4n) is 9.93. The molecule has 0 saturated heterocycles. The maximum absolute atomic E-state index is 6.76. The number of fused-ring (bicyclic) bond motifs is 8.